The van der Waals surface area contributed by atoms with Crippen molar-refractivity contribution in [1.29, 1.82) is 0 Å². The average Bonchev–Trinajstić information content (AvgIpc) is 2.21. The molecular formula is C9H16FNO. The standard InChI is InChI=1S/C9H16FNO/c1-7(2)8(3,4)9(7,5-10)6(11)12/h5H2,1-4H3,(H2,11,12). The van der Waals surface area contributed by atoms with E-state index in [0.29, 0.717) is 0 Å². The number of hydrogen-bond donors (Lipinski definition) is 1. The van der Waals surface area contributed by atoms with Crippen LogP contribution in [0.1, 0.15) is 27.7 Å². The van der Waals surface area contributed by atoms with Gasteiger partial charge in [-0.3, -0.25) is 4.79 Å². The summed E-state index contributed by atoms with van der Waals surface area (Å²) in [6.07, 6.45) is 0. The molecule has 0 spiro atoms. The summed E-state index contributed by atoms with van der Waals surface area (Å²) in [6, 6.07) is 0. The zero-order valence-corrected chi connectivity index (χ0v) is 8.07. The summed E-state index contributed by atoms with van der Waals surface area (Å²) in [4.78, 5) is 11.1. The van der Waals surface area contributed by atoms with Crippen LogP contribution in [0.5, 0.6) is 0 Å². The van der Waals surface area contributed by atoms with Crippen molar-refractivity contribution in [3.05, 3.63) is 0 Å². The Balaban J connectivity index is 3.11. The average molecular weight is 173 g/mol. The van der Waals surface area contributed by atoms with Gasteiger partial charge in [0.2, 0.25) is 5.91 Å². The van der Waals surface area contributed by atoms with Gasteiger partial charge in [0.05, 0.1) is 5.41 Å². The lowest BCUT2D eigenvalue weighted by atomic mass is 9.96. The van der Waals surface area contributed by atoms with Gasteiger partial charge in [-0.25, -0.2) is 4.39 Å². The van der Waals surface area contributed by atoms with Gasteiger partial charge in [0.15, 0.2) is 0 Å². The van der Waals surface area contributed by atoms with E-state index in [9.17, 15) is 9.18 Å². The van der Waals surface area contributed by atoms with E-state index < -0.39 is 18.0 Å². The minimum atomic E-state index is -0.944. The van der Waals surface area contributed by atoms with Gasteiger partial charge in [-0.2, -0.15) is 0 Å². The Kier molecular flexibility index (Phi) is 1.59. The van der Waals surface area contributed by atoms with Gasteiger partial charge in [0.25, 0.3) is 0 Å². The normalized spacial score (nSPS) is 28.1. The van der Waals surface area contributed by atoms with Crippen molar-refractivity contribution in [2.75, 3.05) is 6.67 Å². The van der Waals surface area contributed by atoms with Gasteiger partial charge in [-0.1, -0.05) is 27.7 Å². The maximum absolute atomic E-state index is 12.8. The molecule has 70 valence electrons. The Bertz CT molecular complexity index is 219. The number of carbonyl (C=O) groups is 1. The van der Waals surface area contributed by atoms with Gasteiger partial charge < -0.3 is 5.73 Å². The summed E-state index contributed by atoms with van der Waals surface area (Å²) in [5.41, 5.74) is 3.63. The van der Waals surface area contributed by atoms with E-state index in [1.165, 1.54) is 0 Å². The van der Waals surface area contributed by atoms with E-state index in [1.54, 1.807) is 0 Å². The smallest absolute Gasteiger partial charge is 0.227 e. The van der Waals surface area contributed by atoms with Crippen molar-refractivity contribution in [1.82, 2.24) is 0 Å². The van der Waals surface area contributed by atoms with E-state index in [0.717, 1.165) is 0 Å². The minimum absolute atomic E-state index is 0.319. The molecule has 3 heteroatoms. The van der Waals surface area contributed by atoms with Crippen LogP contribution >= 0.6 is 0 Å². The van der Waals surface area contributed by atoms with E-state index in [4.69, 9.17) is 5.73 Å². The summed E-state index contributed by atoms with van der Waals surface area (Å²) < 4.78 is 12.8. The molecule has 12 heavy (non-hydrogen) atoms. The van der Waals surface area contributed by atoms with Crippen molar-refractivity contribution in [2.24, 2.45) is 22.0 Å². The summed E-state index contributed by atoms with van der Waals surface area (Å²) in [6.45, 7) is 6.89. The summed E-state index contributed by atoms with van der Waals surface area (Å²) in [5.74, 6) is -0.514. The zero-order valence-electron chi connectivity index (χ0n) is 8.07. The fourth-order valence-electron chi connectivity index (χ4n) is 2.44. The first-order valence-corrected chi connectivity index (χ1v) is 4.11. The maximum Gasteiger partial charge on any atom is 0.227 e. The van der Waals surface area contributed by atoms with Gasteiger partial charge in [-0.15, -0.1) is 0 Å². The number of primary amides is 1. The molecule has 2 nitrogen and oxygen atoms in total. The van der Waals surface area contributed by atoms with Crippen LogP contribution in [-0.4, -0.2) is 12.6 Å². The first-order chi connectivity index (χ1) is 5.25. The highest BCUT2D eigenvalue weighted by Gasteiger charge is 2.80. The third-order valence-corrected chi connectivity index (χ3v) is 4.25. The molecule has 0 unspecified atom stereocenters. The number of halogens is 1. The molecule has 1 amide bonds. The number of nitrogens with two attached hydrogens (primary N) is 1. The molecule has 0 saturated heterocycles. The van der Waals surface area contributed by atoms with Crippen LogP contribution in [0.2, 0.25) is 0 Å². The third-order valence-electron chi connectivity index (χ3n) is 4.25. The Morgan fingerprint density at radius 2 is 1.58 bits per heavy atom. The molecule has 0 heterocycles. The third kappa shape index (κ3) is 0.595. The van der Waals surface area contributed by atoms with Crippen LogP contribution in [0.3, 0.4) is 0 Å². The second kappa shape index (κ2) is 2.01. The highest BCUT2D eigenvalue weighted by molar-refractivity contribution is 5.87. The second-order valence-electron chi connectivity index (χ2n) is 4.65. The summed E-state index contributed by atoms with van der Waals surface area (Å²) in [5, 5.41) is 0. The SMILES string of the molecule is CC1(C)C(C)(C)C1(CF)C(N)=O. The predicted octanol–water partition coefficient (Wildman–Crippen LogP) is 1.49. The maximum atomic E-state index is 12.8. The van der Waals surface area contributed by atoms with Crippen LogP contribution in [-0.2, 0) is 4.79 Å². The van der Waals surface area contributed by atoms with Crippen molar-refractivity contribution in [3.8, 4) is 0 Å². The zero-order chi connectivity index (χ0) is 9.78. The van der Waals surface area contributed by atoms with Crippen LogP contribution in [0, 0.1) is 16.2 Å². The molecule has 0 aliphatic heterocycles. The largest absolute Gasteiger partial charge is 0.369 e. The molecule has 0 bridgehead atoms. The molecule has 0 aromatic rings. The lowest BCUT2D eigenvalue weighted by Gasteiger charge is -2.11. The number of rotatable bonds is 2. The molecule has 1 saturated carbocycles. The molecule has 1 rings (SSSR count). The first-order valence-electron chi connectivity index (χ1n) is 4.11. The molecular weight excluding hydrogens is 157 g/mol. The lowest BCUT2D eigenvalue weighted by molar-refractivity contribution is -0.125. The van der Waals surface area contributed by atoms with Crippen molar-refractivity contribution in [2.45, 2.75) is 27.7 Å². The van der Waals surface area contributed by atoms with Gasteiger partial charge in [0.1, 0.15) is 6.67 Å². The highest BCUT2D eigenvalue weighted by atomic mass is 19.1. The van der Waals surface area contributed by atoms with Crippen molar-refractivity contribution in [3.63, 3.8) is 0 Å². The Hall–Kier alpha value is -0.600. The second-order valence-corrected chi connectivity index (χ2v) is 4.65. The van der Waals surface area contributed by atoms with Crippen LogP contribution < -0.4 is 5.73 Å². The van der Waals surface area contributed by atoms with E-state index in [1.807, 2.05) is 27.7 Å². The number of carbonyl (C=O) groups excluding carboxylic acids is 1. The quantitative estimate of drug-likeness (QED) is 0.675. The molecule has 1 aliphatic rings. The molecule has 2 N–H and O–H groups in total. The molecule has 0 aromatic heterocycles. The number of alkyl halides is 1. The van der Waals surface area contributed by atoms with Gasteiger partial charge in [-0.05, 0) is 10.8 Å². The first kappa shape index (κ1) is 9.49. The van der Waals surface area contributed by atoms with E-state index in [2.05, 4.69) is 0 Å². The van der Waals surface area contributed by atoms with Crippen molar-refractivity contribution >= 4 is 5.91 Å². The van der Waals surface area contributed by atoms with Crippen molar-refractivity contribution < 1.29 is 9.18 Å². The van der Waals surface area contributed by atoms with Crippen LogP contribution in [0.25, 0.3) is 0 Å². The highest BCUT2D eigenvalue weighted by Crippen LogP contribution is 2.77. The van der Waals surface area contributed by atoms with Crippen LogP contribution in [0.4, 0.5) is 4.39 Å². The molecule has 0 atom stereocenters. The summed E-state index contributed by atoms with van der Waals surface area (Å²) in [7, 11) is 0. The van der Waals surface area contributed by atoms with E-state index >= 15 is 0 Å². The monoisotopic (exact) mass is 173 g/mol. The number of amides is 1. The fourth-order valence-corrected chi connectivity index (χ4v) is 2.44. The Labute approximate surface area is 72.3 Å². The number of hydrogen-bond acceptors (Lipinski definition) is 1. The molecule has 1 fully saturated rings. The molecule has 0 radical (unpaired) electrons. The lowest BCUT2D eigenvalue weighted by Crippen LogP contribution is -2.32. The topological polar surface area (TPSA) is 43.1 Å². The minimum Gasteiger partial charge on any atom is -0.369 e. The van der Waals surface area contributed by atoms with E-state index in [-0.39, 0.29) is 10.8 Å². The predicted molar refractivity (Wildman–Crippen MR) is 45.2 cm³/mol. The fraction of sp³-hybridized carbons (Fsp3) is 0.889. The van der Waals surface area contributed by atoms with Gasteiger partial charge in [0, 0.05) is 0 Å². The molecule has 1 aliphatic carbocycles. The Morgan fingerprint density at radius 1 is 1.25 bits per heavy atom. The van der Waals surface area contributed by atoms with Gasteiger partial charge >= 0.3 is 0 Å². The Morgan fingerprint density at radius 3 is 1.58 bits per heavy atom. The molecule has 0 aromatic carbocycles. The summed E-state index contributed by atoms with van der Waals surface area (Å²) >= 11 is 0. The van der Waals surface area contributed by atoms with Crippen LogP contribution in [0.15, 0.2) is 0 Å².